The van der Waals surface area contributed by atoms with E-state index in [9.17, 15) is 14.0 Å². The summed E-state index contributed by atoms with van der Waals surface area (Å²) in [5.74, 6) is -1.91. The number of rotatable bonds is 5. The van der Waals surface area contributed by atoms with E-state index in [-0.39, 0.29) is 17.8 Å². The Morgan fingerprint density at radius 3 is 2.60 bits per heavy atom. The Labute approximate surface area is 115 Å². The van der Waals surface area contributed by atoms with Gasteiger partial charge in [0.25, 0.3) is 0 Å². The molecule has 0 bridgehead atoms. The van der Waals surface area contributed by atoms with Gasteiger partial charge >= 0.3 is 12.0 Å². The van der Waals surface area contributed by atoms with E-state index in [0.717, 1.165) is 18.2 Å². The summed E-state index contributed by atoms with van der Waals surface area (Å²) in [4.78, 5) is 22.4. The Morgan fingerprint density at radius 2 is 2.05 bits per heavy atom. The van der Waals surface area contributed by atoms with Crippen molar-refractivity contribution >= 4 is 17.7 Å². The van der Waals surface area contributed by atoms with Crippen LogP contribution < -0.4 is 10.6 Å². The van der Waals surface area contributed by atoms with Crippen LogP contribution in [0.1, 0.15) is 24.2 Å². The number of aromatic carboxylic acids is 1. The molecule has 0 saturated heterocycles. The molecule has 0 saturated carbocycles. The maximum Gasteiger partial charge on any atom is 0.335 e. The highest BCUT2D eigenvalue weighted by Crippen LogP contribution is 2.16. The molecule has 1 aromatic carbocycles. The second-order valence-electron chi connectivity index (χ2n) is 4.77. The molecule has 20 heavy (non-hydrogen) atoms. The zero-order valence-electron chi connectivity index (χ0n) is 11.5. The topological polar surface area (TPSA) is 87.7 Å². The van der Waals surface area contributed by atoms with Crippen LogP contribution in [0.2, 0.25) is 0 Å². The van der Waals surface area contributed by atoms with Crippen molar-refractivity contribution in [1.29, 1.82) is 0 Å². The molecule has 3 N–H and O–H groups in total. The normalized spacial score (nSPS) is 11.0. The molecule has 0 heterocycles. The van der Waals surface area contributed by atoms with Crippen molar-refractivity contribution in [3.8, 4) is 0 Å². The Hall–Kier alpha value is -2.15. The Kier molecular flexibility index (Phi) is 5.04. The molecular formula is C13H17FN2O4. The summed E-state index contributed by atoms with van der Waals surface area (Å²) in [6.07, 6.45) is 0. The van der Waals surface area contributed by atoms with Gasteiger partial charge in [-0.3, -0.25) is 0 Å². The first kappa shape index (κ1) is 15.9. The van der Waals surface area contributed by atoms with Crippen LogP contribution in [0, 0.1) is 5.82 Å². The second-order valence-corrected chi connectivity index (χ2v) is 4.77. The second kappa shape index (κ2) is 6.33. The number of anilines is 1. The van der Waals surface area contributed by atoms with Crippen molar-refractivity contribution in [1.82, 2.24) is 5.32 Å². The SMILES string of the molecule is COC(C)(C)CNC(=O)Nc1cc(C(=O)O)ccc1F. The maximum atomic E-state index is 13.5. The van der Waals surface area contributed by atoms with Crippen molar-refractivity contribution in [2.45, 2.75) is 19.4 Å². The predicted molar refractivity (Wildman–Crippen MR) is 71.5 cm³/mol. The summed E-state index contributed by atoms with van der Waals surface area (Å²) < 4.78 is 18.6. The number of carboxylic acid groups (broad SMARTS) is 1. The number of halogens is 1. The minimum Gasteiger partial charge on any atom is -0.478 e. The van der Waals surface area contributed by atoms with Gasteiger partial charge in [0.05, 0.1) is 16.9 Å². The number of carboxylic acids is 1. The molecule has 7 heteroatoms. The minimum absolute atomic E-state index is 0.112. The van der Waals surface area contributed by atoms with E-state index in [2.05, 4.69) is 10.6 Å². The fraction of sp³-hybridized carbons (Fsp3) is 0.385. The van der Waals surface area contributed by atoms with Crippen LogP contribution in [-0.4, -0.2) is 36.4 Å². The van der Waals surface area contributed by atoms with E-state index < -0.39 is 23.4 Å². The van der Waals surface area contributed by atoms with Gasteiger partial charge in [-0.05, 0) is 32.0 Å². The Bertz CT molecular complexity index is 517. The fourth-order valence-corrected chi connectivity index (χ4v) is 1.29. The molecule has 0 atom stereocenters. The van der Waals surface area contributed by atoms with E-state index in [1.807, 2.05) is 0 Å². The van der Waals surface area contributed by atoms with Crippen molar-refractivity contribution < 1.29 is 23.8 Å². The van der Waals surface area contributed by atoms with Gasteiger partial charge in [-0.15, -0.1) is 0 Å². The molecule has 0 radical (unpaired) electrons. The molecule has 0 aliphatic carbocycles. The number of amides is 2. The van der Waals surface area contributed by atoms with Gasteiger partial charge in [0.15, 0.2) is 0 Å². The van der Waals surface area contributed by atoms with Crippen molar-refractivity contribution in [3.05, 3.63) is 29.6 Å². The van der Waals surface area contributed by atoms with Gasteiger partial charge in [0.2, 0.25) is 0 Å². The third-order valence-electron chi connectivity index (χ3n) is 2.69. The first-order chi connectivity index (χ1) is 9.25. The number of methoxy groups -OCH3 is 1. The average molecular weight is 284 g/mol. The number of nitrogens with one attached hydrogen (secondary N) is 2. The number of benzene rings is 1. The summed E-state index contributed by atoms with van der Waals surface area (Å²) in [6, 6.07) is 2.52. The molecule has 0 aromatic heterocycles. The van der Waals surface area contributed by atoms with Crippen LogP contribution in [-0.2, 0) is 4.74 Å². The summed E-state index contributed by atoms with van der Waals surface area (Å²) in [5, 5.41) is 13.6. The third kappa shape index (κ3) is 4.51. The van der Waals surface area contributed by atoms with Gasteiger partial charge < -0.3 is 20.5 Å². The lowest BCUT2D eigenvalue weighted by molar-refractivity contribution is 0.0257. The van der Waals surface area contributed by atoms with Gasteiger partial charge in [-0.2, -0.15) is 0 Å². The standard InChI is InChI=1S/C13H17FN2O4/c1-13(2,20-3)7-15-12(19)16-10-6-8(11(17)18)4-5-9(10)14/h4-6H,7H2,1-3H3,(H,17,18)(H2,15,16,19). The molecule has 0 aliphatic rings. The Morgan fingerprint density at radius 1 is 1.40 bits per heavy atom. The largest absolute Gasteiger partial charge is 0.478 e. The number of ether oxygens (including phenoxy) is 1. The highest BCUT2D eigenvalue weighted by atomic mass is 19.1. The van der Waals surface area contributed by atoms with Crippen LogP contribution in [0.15, 0.2) is 18.2 Å². The Balaban J connectivity index is 2.71. The molecule has 1 rings (SSSR count). The molecule has 0 spiro atoms. The maximum absolute atomic E-state index is 13.5. The summed E-state index contributed by atoms with van der Waals surface area (Å²) in [6.45, 7) is 3.77. The summed E-state index contributed by atoms with van der Waals surface area (Å²) in [7, 11) is 1.51. The van der Waals surface area contributed by atoms with Crippen molar-refractivity contribution in [3.63, 3.8) is 0 Å². The van der Waals surface area contributed by atoms with Gasteiger partial charge in [-0.1, -0.05) is 0 Å². The smallest absolute Gasteiger partial charge is 0.335 e. The molecule has 0 unspecified atom stereocenters. The summed E-state index contributed by atoms with van der Waals surface area (Å²) in [5.41, 5.74) is -0.866. The molecular weight excluding hydrogens is 267 g/mol. The average Bonchev–Trinajstić information content (AvgIpc) is 2.39. The first-order valence-electron chi connectivity index (χ1n) is 5.88. The van der Waals surface area contributed by atoms with E-state index in [1.165, 1.54) is 7.11 Å². The van der Waals surface area contributed by atoms with E-state index in [0.29, 0.717) is 0 Å². The van der Waals surface area contributed by atoms with Crippen LogP contribution in [0.25, 0.3) is 0 Å². The molecule has 0 fully saturated rings. The zero-order chi connectivity index (χ0) is 15.3. The zero-order valence-corrected chi connectivity index (χ0v) is 11.5. The number of hydrogen-bond donors (Lipinski definition) is 3. The summed E-state index contributed by atoms with van der Waals surface area (Å²) >= 11 is 0. The van der Waals surface area contributed by atoms with Gasteiger partial charge in [-0.25, -0.2) is 14.0 Å². The van der Waals surface area contributed by atoms with E-state index in [1.54, 1.807) is 13.8 Å². The quantitative estimate of drug-likeness (QED) is 0.772. The van der Waals surface area contributed by atoms with Crippen LogP contribution in [0.5, 0.6) is 0 Å². The number of hydrogen-bond acceptors (Lipinski definition) is 3. The number of urea groups is 1. The first-order valence-corrected chi connectivity index (χ1v) is 5.88. The monoisotopic (exact) mass is 284 g/mol. The lowest BCUT2D eigenvalue weighted by Crippen LogP contribution is -2.41. The predicted octanol–water partition coefficient (Wildman–Crippen LogP) is 2.07. The van der Waals surface area contributed by atoms with Crippen LogP contribution in [0.4, 0.5) is 14.9 Å². The van der Waals surface area contributed by atoms with E-state index >= 15 is 0 Å². The van der Waals surface area contributed by atoms with Gasteiger partial charge in [0.1, 0.15) is 5.82 Å². The third-order valence-corrected chi connectivity index (χ3v) is 2.69. The molecule has 6 nitrogen and oxygen atoms in total. The van der Waals surface area contributed by atoms with Crippen molar-refractivity contribution in [2.75, 3.05) is 19.0 Å². The lowest BCUT2D eigenvalue weighted by atomic mass is 10.1. The number of carbonyl (C=O) groups is 2. The lowest BCUT2D eigenvalue weighted by Gasteiger charge is -2.23. The van der Waals surface area contributed by atoms with E-state index in [4.69, 9.17) is 9.84 Å². The highest BCUT2D eigenvalue weighted by molar-refractivity contribution is 5.93. The van der Waals surface area contributed by atoms with Gasteiger partial charge in [0, 0.05) is 13.7 Å². The molecule has 2 amide bonds. The van der Waals surface area contributed by atoms with Crippen LogP contribution in [0.3, 0.4) is 0 Å². The molecule has 0 aliphatic heterocycles. The molecule has 110 valence electrons. The highest BCUT2D eigenvalue weighted by Gasteiger charge is 2.18. The fourth-order valence-electron chi connectivity index (χ4n) is 1.29. The molecule has 1 aromatic rings. The minimum atomic E-state index is -1.20. The van der Waals surface area contributed by atoms with Crippen LogP contribution >= 0.6 is 0 Å². The van der Waals surface area contributed by atoms with Crippen molar-refractivity contribution in [2.24, 2.45) is 0 Å². The number of carbonyl (C=O) groups excluding carboxylic acids is 1.